The van der Waals surface area contributed by atoms with E-state index in [0.717, 1.165) is 18.0 Å². The predicted molar refractivity (Wildman–Crippen MR) is 83.0 cm³/mol. The van der Waals surface area contributed by atoms with Crippen molar-refractivity contribution < 1.29 is 14.3 Å². The van der Waals surface area contributed by atoms with Crippen molar-refractivity contribution in [3.8, 4) is 0 Å². The number of ether oxygens (including phenoxy) is 1. The number of carbonyl (C=O) groups excluding carboxylic acids is 2. The minimum absolute atomic E-state index is 0.0519. The lowest BCUT2D eigenvalue weighted by atomic mass is 10.2. The van der Waals surface area contributed by atoms with Gasteiger partial charge in [0.05, 0.1) is 13.5 Å². The van der Waals surface area contributed by atoms with E-state index in [0.29, 0.717) is 26.1 Å². The van der Waals surface area contributed by atoms with Gasteiger partial charge in [0.2, 0.25) is 5.91 Å². The van der Waals surface area contributed by atoms with Crippen LogP contribution in [-0.2, 0) is 14.3 Å². The third kappa shape index (κ3) is 4.99. The quantitative estimate of drug-likeness (QED) is 0.610. The van der Waals surface area contributed by atoms with Crippen LogP contribution in [0, 0.1) is 0 Å². The molecule has 0 saturated carbocycles. The molecule has 0 unspecified atom stereocenters. The lowest BCUT2D eigenvalue weighted by Gasteiger charge is -2.33. The van der Waals surface area contributed by atoms with Crippen molar-refractivity contribution in [1.82, 2.24) is 9.80 Å². The van der Waals surface area contributed by atoms with Gasteiger partial charge < -0.3 is 9.64 Å². The molecular weight excluding hydrogens is 288 g/mol. The van der Waals surface area contributed by atoms with E-state index in [9.17, 15) is 9.59 Å². The predicted octanol–water partition coefficient (Wildman–Crippen LogP) is 1.47. The number of thiophene rings is 1. The molecule has 0 aliphatic carbocycles. The van der Waals surface area contributed by atoms with E-state index in [-0.39, 0.29) is 11.9 Å². The molecule has 6 heteroatoms. The van der Waals surface area contributed by atoms with Gasteiger partial charge in [-0.05, 0) is 17.5 Å². The summed E-state index contributed by atoms with van der Waals surface area (Å²) in [5.74, 6) is -0.136. The molecule has 1 aliphatic rings. The van der Waals surface area contributed by atoms with Gasteiger partial charge in [0.25, 0.3) is 0 Å². The minimum Gasteiger partial charge on any atom is -0.469 e. The number of hydrogen-bond acceptors (Lipinski definition) is 5. The van der Waals surface area contributed by atoms with Crippen molar-refractivity contribution in [2.24, 2.45) is 0 Å². The van der Waals surface area contributed by atoms with E-state index < -0.39 is 0 Å². The summed E-state index contributed by atoms with van der Waals surface area (Å²) >= 11 is 1.61. The molecule has 1 saturated heterocycles. The van der Waals surface area contributed by atoms with Gasteiger partial charge in [0.1, 0.15) is 0 Å². The van der Waals surface area contributed by atoms with Crippen molar-refractivity contribution in [2.45, 2.75) is 6.42 Å². The van der Waals surface area contributed by atoms with Gasteiger partial charge in [0.15, 0.2) is 0 Å². The number of carbonyl (C=O) groups is 2. The summed E-state index contributed by atoms with van der Waals surface area (Å²) in [5, 5.41) is 1.99. The average molecular weight is 308 g/mol. The Labute approximate surface area is 128 Å². The highest BCUT2D eigenvalue weighted by atomic mass is 32.1. The summed E-state index contributed by atoms with van der Waals surface area (Å²) in [7, 11) is 1.40. The van der Waals surface area contributed by atoms with E-state index in [2.05, 4.69) is 9.64 Å². The topological polar surface area (TPSA) is 49.9 Å². The third-order valence-electron chi connectivity index (χ3n) is 3.48. The zero-order chi connectivity index (χ0) is 15.1. The van der Waals surface area contributed by atoms with Crippen molar-refractivity contribution in [2.75, 3.05) is 39.8 Å². The summed E-state index contributed by atoms with van der Waals surface area (Å²) in [4.78, 5) is 28.3. The summed E-state index contributed by atoms with van der Waals surface area (Å²) < 4.78 is 4.63. The van der Waals surface area contributed by atoms with Crippen LogP contribution in [0.3, 0.4) is 0 Å². The number of methoxy groups -OCH3 is 1. The second-order valence-corrected chi connectivity index (χ2v) is 5.82. The smallest absolute Gasteiger partial charge is 0.306 e. The van der Waals surface area contributed by atoms with Crippen molar-refractivity contribution in [3.63, 3.8) is 0 Å². The largest absolute Gasteiger partial charge is 0.469 e. The highest BCUT2D eigenvalue weighted by Gasteiger charge is 2.19. The molecule has 2 heterocycles. The first kappa shape index (κ1) is 15.7. The van der Waals surface area contributed by atoms with Crippen LogP contribution in [0.4, 0.5) is 0 Å². The molecule has 114 valence electrons. The van der Waals surface area contributed by atoms with Crippen LogP contribution in [0.1, 0.15) is 11.3 Å². The SMILES string of the molecule is COC(=O)CCN1CCN(C(=O)/C=C/c2cccs2)CC1. The normalized spacial score (nSPS) is 16.3. The minimum atomic E-state index is -0.188. The van der Waals surface area contributed by atoms with Gasteiger partial charge in [-0.1, -0.05) is 6.07 Å². The van der Waals surface area contributed by atoms with Crippen LogP contribution in [0.2, 0.25) is 0 Å². The van der Waals surface area contributed by atoms with Gasteiger partial charge in [-0.25, -0.2) is 0 Å². The Morgan fingerprint density at radius 3 is 2.71 bits per heavy atom. The van der Waals surface area contributed by atoms with Crippen LogP contribution in [0.25, 0.3) is 6.08 Å². The Balaban J connectivity index is 1.73. The van der Waals surface area contributed by atoms with Crippen molar-refractivity contribution >= 4 is 29.3 Å². The fraction of sp³-hybridized carbons (Fsp3) is 0.467. The summed E-state index contributed by atoms with van der Waals surface area (Å²) in [6.07, 6.45) is 3.90. The van der Waals surface area contributed by atoms with Crippen LogP contribution >= 0.6 is 11.3 Å². The van der Waals surface area contributed by atoms with Crippen molar-refractivity contribution in [1.29, 1.82) is 0 Å². The maximum atomic E-state index is 12.1. The molecule has 0 aromatic carbocycles. The Bertz CT molecular complexity index is 491. The van der Waals surface area contributed by atoms with E-state index >= 15 is 0 Å². The molecule has 5 nitrogen and oxygen atoms in total. The monoisotopic (exact) mass is 308 g/mol. The fourth-order valence-electron chi connectivity index (χ4n) is 2.19. The molecular formula is C15H20N2O3S. The van der Waals surface area contributed by atoms with E-state index in [1.54, 1.807) is 17.4 Å². The van der Waals surface area contributed by atoms with Crippen LogP contribution in [0.15, 0.2) is 23.6 Å². The number of esters is 1. The Morgan fingerprint density at radius 1 is 1.33 bits per heavy atom. The van der Waals surface area contributed by atoms with Crippen LogP contribution in [0.5, 0.6) is 0 Å². The van der Waals surface area contributed by atoms with E-state index in [1.807, 2.05) is 28.5 Å². The molecule has 0 radical (unpaired) electrons. The summed E-state index contributed by atoms with van der Waals surface area (Å²) in [6, 6.07) is 3.95. The van der Waals surface area contributed by atoms with Gasteiger partial charge in [-0.2, -0.15) is 0 Å². The Hall–Kier alpha value is -1.66. The zero-order valence-corrected chi connectivity index (χ0v) is 13.0. The first-order valence-electron chi connectivity index (χ1n) is 6.98. The third-order valence-corrected chi connectivity index (χ3v) is 4.31. The standard InChI is InChI=1S/C15H20N2O3S/c1-20-15(19)6-7-16-8-10-17(11-9-16)14(18)5-4-13-3-2-12-21-13/h2-5,12H,6-11H2,1H3/b5-4+. The fourth-order valence-corrected chi connectivity index (χ4v) is 2.81. The lowest BCUT2D eigenvalue weighted by molar-refractivity contribution is -0.141. The van der Waals surface area contributed by atoms with Crippen LogP contribution < -0.4 is 0 Å². The number of piperazine rings is 1. The molecule has 21 heavy (non-hydrogen) atoms. The molecule has 0 atom stereocenters. The summed E-state index contributed by atoms with van der Waals surface area (Å²) in [6.45, 7) is 3.70. The lowest BCUT2D eigenvalue weighted by Crippen LogP contribution is -2.48. The zero-order valence-electron chi connectivity index (χ0n) is 12.2. The number of nitrogens with zero attached hydrogens (tertiary/aromatic N) is 2. The molecule has 2 rings (SSSR count). The van der Waals surface area contributed by atoms with E-state index in [4.69, 9.17) is 0 Å². The molecule has 1 aromatic heterocycles. The number of amides is 1. The first-order chi connectivity index (χ1) is 10.2. The highest BCUT2D eigenvalue weighted by Crippen LogP contribution is 2.11. The number of hydrogen-bond donors (Lipinski definition) is 0. The second kappa shape index (κ2) is 7.95. The molecule has 1 amide bonds. The second-order valence-electron chi connectivity index (χ2n) is 4.84. The molecule has 0 bridgehead atoms. The molecule has 0 spiro atoms. The Morgan fingerprint density at radius 2 is 2.10 bits per heavy atom. The molecule has 1 aliphatic heterocycles. The Kier molecular flexibility index (Phi) is 5.95. The average Bonchev–Trinajstić information content (AvgIpc) is 3.04. The maximum Gasteiger partial charge on any atom is 0.306 e. The van der Waals surface area contributed by atoms with Crippen molar-refractivity contribution in [3.05, 3.63) is 28.5 Å². The molecule has 0 N–H and O–H groups in total. The van der Waals surface area contributed by atoms with Gasteiger partial charge in [-0.3, -0.25) is 14.5 Å². The molecule has 1 aromatic rings. The number of rotatable bonds is 5. The first-order valence-corrected chi connectivity index (χ1v) is 7.86. The summed E-state index contributed by atoms with van der Waals surface area (Å²) in [5.41, 5.74) is 0. The van der Waals surface area contributed by atoms with Gasteiger partial charge in [-0.15, -0.1) is 11.3 Å². The van der Waals surface area contributed by atoms with Crippen LogP contribution in [-0.4, -0.2) is 61.5 Å². The maximum absolute atomic E-state index is 12.1. The molecule has 1 fully saturated rings. The highest BCUT2D eigenvalue weighted by molar-refractivity contribution is 7.10. The van der Waals surface area contributed by atoms with Gasteiger partial charge >= 0.3 is 5.97 Å². The van der Waals surface area contributed by atoms with E-state index in [1.165, 1.54) is 7.11 Å². The van der Waals surface area contributed by atoms with Gasteiger partial charge in [0, 0.05) is 43.7 Å².